The van der Waals surface area contributed by atoms with Crippen LogP contribution in [0.5, 0.6) is 11.6 Å². The molecule has 2 aromatic carbocycles. The SMILES string of the molecule is CCCC(C)C(=O)N(C=O)c1cc(NC)c(/C=C/C(=O)c2c[nH]n3c2nc2cc(Oc4c(F)cccc4F)ncc23)cc1F. The second-order valence-electron chi connectivity index (χ2n) is 9.96. The van der Waals surface area contributed by atoms with E-state index in [9.17, 15) is 23.2 Å². The van der Waals surface area contributed by atoms with Crippen molar-refractivity contribution in [2.45, 2.75) is 26.7 Å². The van der Waals surface area contributed by atoms with Gasteiger partial charge in [-0.3, -0.25) is 19.5 Å². The molecule has 226 valence electrons. The number of imidazole rings is 1. The number of hydrogen-bond acceptors (Lipinski definition) is 7. The fraction of sp³-hybridized carbons (Fsp3) is 0.194. The van der Waals surface area contributed by atoms with Gasteiger partial charge >= 0.3 is 0 Å². The molecule has 44 heavy (non-hydrogen) atoms. The predicted octanol–water partition coefficient (Wildman–Crippen LogP) is 6.28. The first-order valence-electron chi connectivity index (χ1n) is 13.7. The number of carbonyl (C=O) groups is 3. The van der Waals surface area contributed by atoms with Crippen molar-refractivity contribution < 1.29 is 32.3 Å². The van der Waals surface area contributed by atoms with E-state index < -0.39 is 40.8 Å². The number of carbonyl (C=O) groups excluding carboxylic acids is 3. The summed E-state index contributed by atoms with van der Waals surface area (Å²) in [6.07, 6.45) is 7.02. The van der Waals surface area contributed by atoms with Crippen LogP contribution in [-0.4, -0.2) is 44.7 Å². The Morgan fingerprint density at radius 3 is 2.59 bits per heavy atom. The van der Waals surface area contributed by atoms with Crippen molar-refractivity contribution in [1.29, 1.82) is 0 Å². The number of benzene rings is 2. The molecule has 10 nitrogen and oxygen atoms in total. The van der Waals surface area contributed by atoms with E-state index in [-0.39, 0.29) is 22.8 Å². The first kappa shape index (κ1) is 30.0. The average Bonchev–Trinajstić information content (AvgIpc) is 3.58. The van der Waals surface area contributed by atoms with Gasteiger partial charge in [-0.05, 0) is 42.8 Å². The number of ether oxygens (including phenoxy) is 1. The number of H-pyrrole nitrogens is 1. The lowest BCUT2D eigenvalue weighted by Gasteiger charge is -2.21. The second-order valence-corrected chi connectivity index (χ2v) is 9.96. The number of aromatic amines is 1. The van der Waals surface area contributed by atoms with Crippen LogP contribution in [0.1, 0.15) is 42.6 Å². The molecular weight excluding hydrogens is 577 g/mol. The van der Waals surface area contributed by atoms with Crippen LogP contribution in [0.25, 0.3) is 22.8 Å². The van der Waals surface area contributed by atoms with Crippen LogP contribution in [0.15, 0.2) is 54.9 Å². The first-order chi connectivity index (χ1) is 21.2. The number of rotatable bonds is 11. The largest absolute Gasteiger partial charge is 0.433 e. The zero-order valence-corrected chi connectivity index (χ0v) is 23.9. The molecule has 0 radical (unpaired) electrons. The molecule has 3 heterocycles. The Bertz CT molecular complexity index is 1910. The Hall–Kier alpha value is -5.46. The third-order valence-corrected chi connectivity index (χ3v) is 7.03. The van der Waals surface area contributed by atoms with Gasteiger partial charge in [0, 0.05) is 36.5 Å². The number of nitrogens with one attached hydrogen (secondary N) is 2. The van der Waals surface area contributed by atoms with E-state index in [1.165, 1.54) is 47.3 Å². The summed E-state index contributed by atoms with van der Waals surface area (Å²) in [5, 5.41) is 5.82. The first-order valence-corrected chi connectivity index (χ1v) is 13.7. The highest BCUT2D eigenvalue weighted by molar-refractivity contribution is 6.12. The lowest BCUT2D eigenvalue weighted by Crippen LogP contribution is -2.34. The molecule has 13 heteroatoms. The quantitative estimate of drug-likeness (QED) is 0.103. The lowest BCUT2D eigenvalue weighted by molar-refractivity contribution is -0.124. The van der Waals surface area contributed by atoms with E-state index in [0.717, 1.165) is 29.5 Å². The highest BCUT2D eigenvalue weighted by atomic mass is 19.1. The molecule has 0 saturated carbocycles. The number of hydrogen-bond donors (Lipinski definition) is 2. The molecule has 0 bridgehead atoms. The second kappa shape index (κ2) is 12.4. The van der Waals surface area contributed by atoms with Crippen LogP contribution >= 0.6 is 0 Å². The number of imide groups is 1. The van der Waals surface area contributed by atoms with Crippen molar-refractivity contribution in [2.75, 3.05) is 17.3 Å². The smallest absolute Gasteiger partial charge is 0.236 e. The molecule has 2 amide bonds. The highest BCUT2D eigenvalue weighted by Crippen LogP contribution is 2.31. The van der Waals surface area contributed by atoms with Gasteiger partial charge < -0.3 is 10.1 Å². The highest BCUT2D eigenvalue weighted by Gasteiger charge is 2.25. The third kappa shape index (κ3) is 5.63. The van der Waals surface area contributed by atoms with Crippen LogP contribution < -0.4 is 15.0 Å². The van der Waals surface area contributed by atoms with Gasteiger partial charge in [0.25, 0.3) is 0 Å². The Kier molecular flexibility index (Phi) is 8.47. The summed E-state index contributed by atoms with van der Waals surface area (Å²) in [4.78, 5) is 47.0. The number of halogens is 3. The Morgan fingerprint density at radius 2 is 1.91 bits per heavy atom. The van der Waals surface area contributed by atoms with E-state index in [2.05, 4.69) is 20.4 Å². The minimum atomic E-state index is -0.893. The van der Waals surface area contributed by atoms with Gasteiger partial charge in [0.1, 0.15) is 11.3 Å². The number of pyridine rings is 1. The summed E-state index contributed by atoms with van der Waals surface area (Å²) >= 11 is 0. The number of aromatic nitrogens is 4. The maximum atomic E-state index is 15.2. The molecule has 0 saturated heterocycles. The lowest BCUT2D eigenvalue weighted by atomic mass is 10.0. The average molecular weight is 605 g/mol. The van der Waals surface area contributed by atoms with Gasteiger partial charge in [-0.25, -0.2) is 32.6 Å². The zero-order valence-electron chi connectivity index (χ0n) is 23.9. The molecule has 0 aliphatic rings. The van der Waals surface area contributed by atoms with Crippen LogP contribution in [0.3, 0.4) is 0 Å². The number of allylic oxidation sites excluding steroid dienone is 1. The zero-order chi connectivity index (χ0) is 31.5. The summed E-state index contributed by atoms with van der Waals surface area (Å²) in [5.41, 5.74) is 1.73. The summed E-state index contributed by atoms with van der Waals surface area (Å²) < 4.78 is 50.0. The molecule has 0 aliphatic carbocycles. The number of ketones is 1. The third-order valence-electron chi connectivity index (χ3n) is 7.03. The van der Waals surface area contributed by atoms with Crippen LogP contribution in [0.4, 0.5) is 24.5 Å². The van der Waals surface area contributed by atoms with Crippen LogP contribution in [-0.2, 0) is 9.59 Å². The summed E-state index contributed by atoms with van der Waals surface area (Å²) in [7, 11) is 1.58. The maximum Gasteiger partial charge on any atom is 0.236 e. The van der Waals surface area contributed by atoms with E-state index in [4.69, 9.17) is 4.74 Å². The van der Waals surface area contributed by atoms with Crippen LogP contribution in [0, 0.1) is 23.4 Å². The Morgan fingerprint density at radius 1 is 1.16 bits per heavy atom. The van der Waals surface area contributed by atoms with Crippen molar-refractivity contribution in [3.05, 3.63) is 83.4 Å². The van der Waals surface area contributed by atoms with Crippen molar-refractivity contribution in [2.24, 2.45) is 5.92 Å². The predicted molar refractivity (Wildman–Crippen MR) is 158 cm³/mol. The molecule has 0 fully saturated rings. The normalized spacial score (nSPS) is 12.1. The Balaban J connectivity index is 1.41. The van der Waals surface area contributed by atoms with Crippen molar-refractivity contribution in [3.63, 3.8) is 0 Å². The molecule has 1 unspecified atom stereocenters. The van der Waals surface area contributed by atoms with Gasteiger partial charge in [0.05, 0.1) is 23.0 Å². The van der Waals surface area contributed by atoms with E-state index in [1.807, 2.05) is 6.92 Å². The van der Waals surface area contributed by atoms with Gasteiger partial charge in [-0.2, -0.15) is 0 Å². The minimum absolute atomic E-state index is 0.102. The number of anilines is 2. The molecule has 3 aromatic heterocycles. The standard InChI is InChI=1S/C31H27F3N6O4/c1-4-6-17(2)31(43)39(16-41)25-12-23(35-3)18(11-22(25)34)9-10-27(42)19-14-37-40-26-15-36-28(13-24(26)38-30(19)40)44-29-20(32)7-5-8-21(29)33/h5,7-17,35,37H,4,6H2,1-3H3/b10-9+. The van der Waals surface area contributed by atoms with Gasteiger partial charge in [-0.1, -0.05) is 26.3 Å². The van der Waals surface area contributed by atoms with Gasteiger partial charge in [-0.15, -0.1) is 0 Å². The monoisotopic (exact) mass is 604 g/mol. The fourth-order valence-corrected chi connectivity index (χ4v) is 4.78. The van der Waals surface area contributed by atoms with Gasteiger partial charge in [0.2, 0.25) is 23.9 Å². The molecular formula is C31H27F3N6O4. The van der Waals surface area contributed by atoms with Crippen molar-refractivity contribution in [3.8, 4) is 11.6 Å². The molecule has 0 aliphatic heterocycles. The van der Waals surface area contributed by atoms with E-state index >= 15 is 4.39 Å². The maximum absolute atomic E-state index is 15.2. The molecule has 0 spiro atoms. The van der Waals surface area contributed by atoms with E-state index in [0.29, 0.717) is 35.1 Å². The number of nitrogens with zero attached hydrogens (tertiary/aromatic N) is 4. The van der Waals surface area contributed by atoms with Crippen LogP contribution in [0.2, 0.25) is 0 Å². The minimum Gasteiger partial charge on any atom is -0.433 e. The van der Waals surface area contributed by atoms with E-state index in [1.54, 1.807) is 14.0 Å². The van der Waals surface area contributed by atoms with Crippen molar-refractivity contribution in [1.82, 2.24) is 19.6 Å². The fourth-order valence-electron chi connectivity index (χ4n) is 4.78. The van der Waals surface area contributed by atoms with Crippen molar-refractivity contribution >= 4 is 52.2 Å². The molecule has 5 aromatic rings. The summed E-state index contributed by atoms with van der Waals surface area (Å²) in [6, 6.07) is 7.16. The number of fused-ring (bicyclic) bond motifs is 3. The topological polar surface area (TPSA) is 122 Å². The number of para-hydroxylation sites is 1. The molecule has 1 atom stereocenters. The summed E-state index contributed by atoms with van der Waals surface area (Å²) in [6.45, 7) is 3.59. The molecule has 5 rings (SSSR count). The van der Waals surface area contributed by atoms with Gasteiger partial charge in [0.15, 0.2) is 23.1 Å². The summed E-state index contributed by atoms with van der Waals surface area (Å²) in [5.74, 6) is -4.76. The number of amides is 2. The molecule has 2 N–H and O–H groups in total. The Labute approximate surface area is 249 Å².